The number of carbonyl (C=O) groups is 1. The lowest BCUT2D eigenvalue weighted by molar-refractivity contribution is -0.731. The number of hydrogen-bond donors (Lipinski definition) is 0. The van der Waals surface area contributed by atoms with Gasteiger partial charge in [-0.05, 0) is 30.9 Å². The zero-order chi connectivity index (χ0) is 18.1. The first-order valence-corrected chi connectivity index (χ1v) is 9.44. The Bertz CT molecular complexity index is 789. The first-order chi connectivity index (χ1) is 12.7. The van der Waals surface area contributed by atoms with Gasteiger partial charge in [0, 0.05) is 12.0 Å². The van der Waals surface area contributed by atoms with Crippen LogP contribution in [0, 0.1) is 11.8 Å². The number of ether oxygens (including phenoxy) is 2. The van der Waals surface area contributed by atoms with Crippen LogP contribution in [0.15, 0.2) is 48.5 Å². The quantitative estimate of drug-likeness (QED) is 0.625. The molecule has 2 aliphatic rings. The minimum Gasteiger partial charge on any atom is -0.469 e. The van der Waals surface area contributed by atoms with Gasteiger partial charge in [-0.25, -0.2) is 0 Å². The molecule has 0 bridgehead atoms. The predicted octanol–water partition coefficient (Wildman–Crippen LogP) is 3.45. The Morgan fingerprint density at radius 3 is 2.62 bits per heavy atom. The van der Waals surface area contributed by atoms with Crippen molar-refractivity contribution in [3.05, 3.63) is 59.8 Å². The fraction of sp³-hybridized carbons (Fsp3) is 0.455. The number of methoxy groups -OCH3 is 2. The maximum atomic E-state index is 12.5. The van der Waals surface area contributed by atoms with Crippen LogP contribution >= 0.6 is 0 Å². The molecule has 1 saturated carbocycles. The number of rotatable bonds is 4. The van der Waals surface area contributed by atoms with Crippen molar-refractivity contribution in [3.63, 3.8) is 0 Å². The molecule has 4 rings (SSSR count). The molecule has 2 heterocycles. The minimum atomic E-state index is -0.0976. The lowest BCUT2D eigenvalue weighted by Crippen LogP contribution is -2.48. The Morgan fingerprint density at radius 1 is 1.08 bits per heavy atom. The third kappa shape index (κ3) is 2.77. The molecule has 4 atom stereocenters. The second kappa shape index (κ2) is 7.10. The Morgan fingerprint density at radius 2 is 1.88 bits per heavy atom. The largest absolute Gasteiger partial charge is 0.469 e. The van der Waals surface area contributed by atoms with Crippen LogP contribution in [0.4, 0.5) is 0 Å². The highest BCUT2D eigenvalue weighted by molar-refractivity contribution is 5.73. The van der Waals surface area contributed by atoms with Crippen LogP contribution in [-0.4, -0.2) is 20.2 Å². The molecule has 0 radical (unpaired) electrons. The van der Waals surface area contributed by atoms with E-state index in [9.17, 15) is 4.79 Å². The minimum absolute atomic E-state index is 0.0931. The normalized spacial score (nSPS) is 26.7. The first-order valence-electron chi connectivity index (χ1n) is 9.44. The fourth-order valence-corrected chi connectivity index (χ4v) is 5.08. The third-order valence-electron chi connectivity index (χ3n) is 6.13. The van der Waals surface area contributed by atoms with Crippen molar-refractivity contribution in [2.24, 2.45) is 11.8 Å². The molecule has 1 aliphatic carbocycles. The predicted molar refractivity (Wildman–Crippen MR) is 98.0 cm³/mol. The summed E-state index contributed by atoms with van der Waals surface area (Å²) in [7, 11) is 3.20. The second-order valence-electron chi connectivity index (χ2n) is 7.37. The van der Waals surface area contributed by atoms with Crippen molar-refractivity contribution in [1.29, 1.82) is 0 Å². The number of hydrogen-bond acceptors (Lipinski definition) is 3. The fourth-order valence-electron chi connectivity index (χ4n) is 5.08. The van der Waals surface area contributed by atoms with E-state index in [0.29, 0.717) is 11.8 Å². The van der Waals surface area contributed by atoms with Crippen molar-refractivity contribution in [2.45, 2.75) is 37.6 Å². The number of carbonyl (C=O) groups excluding carboxylic acids is 1. The topological polar surface area (TPSA) is 39.4 Å². The summed E-state index contributed by atoms with van der Waals surface area (Å²) in [5.74, 6) is 1.47. The van der Waals surface area contributed by atoms with E-state index in [4.69, 9.17) is 9.47 Å². The van der Waals surface area contributed by atoms with Gasteiger partial charge in [0.1, 0.15) is 5.92 Å². The van der Waals surface area contributed by atoms with Crippen LogP contribution in [0.2, 0.25) is 0 Å². The van der Waals surface area contributed by atoms with E-state index < -0.39 is 0 Å². The molecule has 1 aromatic carbocycles. The summed E-state index contributed by atoms with van der Waals surface area (Å²) in [4.78, 5) is 12.5. The van der Waals surface area contributed by atoms with E-state index in [1.807, 2.05) is 6.07 Å². The zero-order valence-corrected chi connectivity index (χ0v) is 15.4. The SMILES string of the molecule is COC(=O)C1CCCC2C(Cc3ccccc3)c3cccc(OC)[n+]3C12. The van der Waals surface area contributed by atoms with Gasteiger partial charge >= 0.3 is 11.8 Å². The molecule has 136 valence electrons. The van der Waals surface area contributed by atoms with E-state index in [0.717, 1.165) is 31.6 Å². The number of pyridine rings is 1. The van der Waals surface area contributed by atoms with Crippen LogP contribution < -0.4 is 9.30 Å². The smallest absolute Gasteiger partial charge is 0.367 e. The lowest BCUT2D eigenvalue weighted by atomic mass is 9.71. The number of fused-ring (bicyclic) bond motifs is 3. The molecule has 0 spiro atoms. The summed E-state index contributed by atoms with van der Waals surface area (Å²) in [5, 5.41) is 0. The second-order valence-corrected chi connectivity index (χ2v) is 7.37. The summed E-state index contributed by atoms with van der Waals surface area (Å²) in [6.45, 7) is 0. The van der Waals surface area contributed by atoms with Gasteiger partial charge in [-0.1, -0.05) is 36.8 Å². The Hall–Kier alpha value is -2.36. The van der Waals surface area contributed by atoms with Gasteiger partial charge in [0.05, 0.1) is 26.2 Å². The lowest BCUT2D eigenvalue weighted by Gasteiger charge is -2.30. The number of benzene rings is 1. The molecule has 4 nitrogen and oxygen atoms in total. The van der Waals surface area contributed by atoms with Gasteiger partial charge in [0.25, 0.3) is 0 Å². The van der Waals surface area contributed by atoms with Gasteiger partial charge in [0.2, 0.25) is 0 Å². The van der Waals surface area contributed by atoms with Crippen molar-refractivity contribution < 1.29 is 18.8 Å². The molecule has 4 heteroatoms. The zero-order valence-electron chi connectivity index (χ0n) is 15.4. The molecule has 0 N–H and O–H groups in total. The summed E-state index contributed by atoms with van der Waals surface area (Å²) in [5.41, 5.74) is 2.62. The van der Waals surface area contributed by atoms with E-state index >= 15 is 0 Å². The van der Waals surface area contributed by atoms with Crippen LogP contribution in [0.5, 0.6) is 5.88 Å². The highest BCUT2D eigenvalue weighted by Gasteiger charge is 2.56. The molecular weight excluding hydrogens is 326 g/mol. The molecule has 4 unspecified atom stereocenters. The standard InChI is InChI=1S/C22H26NO3/c1-25-20-13-7-12-19-18(14-15-8-4-3-5-9-15)16-10-6-11-17(22(24)26-2)21(16)23(19)20/h3-5,7-9,12-13,16-18,21H,6,10-11,14H2,1-2H3/q+1. The van der Waals surface area contributed by atoms with Crippen LogP contribution in [-0.2, 0) is 16.0 Å². The summed E-state index contributed by atoms with van der Waals surface area (Å²) in [6.07, 6.45) is 4.09. The van der Waals surface area contributed by atoms with E-state index in [2.05, 4.69) is 47.0 Å². The maximum Gasteiger partial charge on any atom is 0.367 e. The van der Waals surface area contributed by atoms with Crippen molar-refractivity contribution in [1.82, 2.24) is 0 Å². The van der Waals surface area contributed by atoms with Crippen molar-refractivity contribution in [2.75, 3.05) is 14.2 Å². The molecule has 0 amide bonds. The third-order valence-corrected chi connectivity index (χ3v) is 6.13. The van der Waals surface area contributed by atoms with Gasteiger partial charge in [-0.15, -0.1) is 0 Å². The summed E-state index contributed by atoms with van der Waals surface area (Å²) >= 11 is 0. The van der Waals surface area contributed by atoms with Crippen LogP contribution in [0.25, 0.3) is 0 Å². The Balaban J connectivity index is 1.79. The molecule has 26 heavy (non-hydrogen) atoms. The molecule has 1 fully saturated rings. The van der Waals surface area contributed by atoms with Gasteiger partial charge in [0.15, 0.2) is 11.7 Å². The van der Waals surface area contributed by atoms with Crippen molar-refractivity contribution in [3.8, 4) is 5.88 Å². The van der Waals surface area contributed by atoms with E-state index in [1.54, 1.807) is 7.11 Å². The van der Waals surface area contributed by atoms with Gasteiger partial charge in [-0.2, -0.15) is 4.57 Å². The Kier molecular flexibility index (Phi) is 4.66. The van der Waals surface area contributed by atoms with E-state index in [-0.39, 0.29) is 17.9 Å². The Labute approximate surface area is 154 Å². The molecule has 2 aromatic rings. The van der Waals surface area contributed by atoms with Gasteiger partial charge < -0.3 is 9.47 Å². The highest BCUT2D eigenvalue weighted by atomic mass is 16.5. The highest BCUT2D eigenvalue weighted by Crippen LogP contribution is 2.49. The van der Waals surface area contributed by atoms with Crippen molar-refractivity contribution >= 4 is 5.97 Å². The number of nitrogens with zero attached hydrogens (tertiary/aromatic N) is 1. The average Bonchev–Trinajstić information content (AvgIpc) is 3.02. The molecule has 1 aromatic heterocycles. The number of esters is 1. The monoisotopic (exact) mass is 352 g/mol. The average molecular weight is 352 g/mol. The maximum absolute atomic E-state index is 12.5. The van der Waals surface area contributed by atoms with Gasteiger partial charge in [-0.3, -0.25) is 4.79 Å². The van der Waals surface area contributed by atoms with Crippen LogP contribution in [0.1, 0.15) is 42.5 Å². The summed E-state index contributed by atoms with van der Waals surface area (Å²) < 4.78 is 13.1. The van der Waals surface area contributed by atoms with Crippen LogP contribution in [0.3, 0.4) is 0 Å². The molecule has 0 saturated heterocycles. The molecular formula is C22H26NO3+. The van der Waals surface area contributed by atoms with E-state index in [1.165, 1.54) is 18.4 Å². The number of aromatic nitrogens is 1. The first kappa shape index (κ1) is 17.1. The molecule has 1 aliphatic heterocycles. The summed E-state index contributed by atoms with van der Waals surface area (Å²) in [6, 6.07) is 17.0.